The highest BCUT2D eigenvalue weighted by molar-refractivity contribution is 6.17. The lowest BCUT2D eigenvalue weighted by atomic mass is 9.96. The Labute approximate surface area is 277 Å². The Hall–Kier alpha value is -6.38. The lowest BCUT2D eigenvalue weighted by Gasteiger charge is -2.26. The smallest absolute Gasteiger partial charge is 0.135 e. The molecule has 0 amide bonds. The molecule has 0 aliphatic rings. The molecule has 0 radical (unpaired) electrons. The number of anilines is 3. The van der Waals surface area contributed by atoms with Crippen molar-refractivity contribution in [3.63, 3.8) is 0 Å². The van der Waals surface area contributed by atoms with Gasteiger partial charge in [0.2, 0.25) is 0 Å². The maximum Gasteiger partial charge on any atom is 0.135 e. The Morgan fingerprint density at radius 3 is 1.71 bits per heavy atom. The van der Waals surface area contributed by atoms with Crippen molar-refractivity contribution in [3.05, 3.63) is 176 Å². The number of hydrogen-bond acceptors (Lipinski definition) is 2. The van der Waals surface area contributed by atoms with E-state index in [2.05, 4.69) is 169 Å². The van der Waals surface area contributed by atoms with Crippen LogP contribution in [0.1, 0.15) is 0 Å². The van der Waals surface area contributed by atoms with Crippen LogP contribution in [-0.2, 0) is 0 Å². The summed E-state index contributed by atoms with van der Waals surface area (Å²) >= 11 is 0. The van der Waals surface area contributed by atoms with Crippen molar-refractivity contribution < 1.29 is 4.42 Å². The summed E-state index contributed by atoms with van der Waals surface area (Å²) in [5, 5.41) is 12.3. The predicted octanol–water partition coefficient (Wildman–Crippen LogP) is 13.3. The Kier molecular flexibility index (Phi) is 5.91. The first-order valence-electron chi connectivity index (χ1n) is 16.4. The molecule has 48 heavy (non-hydrogen) atoms. The third-order valence-electron chi connectivity index (χ3n) is 9.83. The fourth-order valence-electron chi connectivity index (χ4n) is 7.52. The van der Waals surface area contributed by atoms with Crippen LogP contribution in [0.2, 0.25) is 0 Å². The Bertz CT molecular complexity index is 2840. The van der Waals surface area contributed by atoms with E-state index in [4.69, 9.17) is 4.42 Å². The van der Waals surface area contributed by atoms with Crippen molar-refractivity contribution >= 4 is 82.1 Å². The van der Waals surface area contributed by atoms with Gasteiger partial charge >= 0.3 is 0 Å². The molecule has 0 aliphatic carbocycles. The van der Waals surface area contributed by atoms with Crippen LogP contribution in [0.4, 0.5) is 17.1 Å². The monoisotopic (exact) mass is 611 g/mol. The van der Waals surface area contributed by atoms with Gasteiger partial charge in [-0.2, -0.15) is 0 Å². The topological polar surface area (TPSA) is 16.4 Å². The molecule has 2 heteroatoms. The summed E-state index contributed by atoms with van der Waals surface area (Å²) in [5.74, 6) is 0. The summed E-state index contributed by atoms with van der Waals surface area (Å²) in [7, 11) is 0. The van der Waals surface area contributed by atoms with Gasteiger partial charge in [0.25, 0.3) is 0 Å². The molecule has 2 nitrogen and oxygen atoms in total. The lowest BCUT2D eigenvalue weighted by molar-refractivity contribution is 0.669. The van der Waals surface area contributed by atoms with Gasteiger partial charge in [0.1, 0.15) is 11.2 Å². The summed E-state index contributed by atoms with van der Waals surface area (Å²) in [6.07, 6.45) is 0. The van der Waals surface area contributed by atoms with E-state index in [1.54, 1.807) is 0 Å². The molecule has 0 atom stereocenters. The van der Waals surface area contributed by atoms with Crippen LogP contribution in [0.5, 0.6) is 0 Å². The third kappa shape index (κ3) is 4.20. The molecule has 10 aromatic rings. The molecule has 0 unspecified atom stereocenters. The van der Waals surface area contributed by atoms with Crippen molar-refractivity contribution in [1.82, 2.24) is 0 Å². The highest BCUT2D eigenvalue weighted by atomic mass is 16.3. The minimum atomic E-state index is 0.892. The van der Waals surface area contributed by atoms with Crippen LogP contribution in [0.15, 0.2) is 180 Å². The van der Waals surface area contributed by atoms with Gasteiger partial charge in [-0.1, -0.05) is 127 Å². The molecule has 1 aromatic heterocycles. The van der Waals surface area contributed by atoms with Crippen molar-refractivity contribution in [2.45, 2.75) is 0 Å². The fourth-order valence-corrected chi connectivity index (χ4v) is 7.52. The molecular weight excluding hydrogens is 583 g/mol. The number of furan rings is 1. The molecule has 9 aromatic carbocycles. The second-order valence-electron chi connectivity index (χ2n) is 12.5. The highest BCUT2D eigenvalue weighted by Gasteiger charge is 2.17. The second-order valence-corrected chi connectivity index (χ2v) is 12.5. The van der Waals surface area contributed by atoms with E-state index < -0.39 is 0 Å². The molecule has 0 bridgehead atoms. The molecule has 10 rings (SSSR count). The minimum absolute atomic E-state index is 0.892. The van der Waals surface area contributed by atoms with Gasteiger partial charge in [-0.05, 0) is 103 Å². The first-order valence-corrected chi connectivity index (χ1v) is 16.4. The standard InChI is InChI=1S/C46H29NO/c1-3-11-37-30(8-1)10-7-14-38(37)32-16-20-34(21-17-32)47(36-23-27-46-44(29-36)43-13-5-6-15-45(43)48-46)35-22-26-40-33(28-35)19-25-41-39-12-4-2-9-31(39)18-24-42(40)41/h1-29H. The molecule has 0 spiro atoms. The van der Waals surface area contributed by atoms with E-state index in [1.807, 2.05) is 12.1 Å². The minimum Gasteiger partial charge on any atom is -0.456 e. The SMILES string of the molecule is c1ccc2c(-c3ccc(N(c4ccc5c(ccc6c7ccccc7ccc56)c4)c4ccc5oc6ccccc6c5c4)cc3)cccc2c1. The zero-order valence-corrected chi connectivity index (χ0v) is 26.1. The zero-order valence-electron chi connectivity index (χ0n) is 26.1. The normalized spacial score (nSPS) is 11.8. The number of rotatable bonds is 4. The first-order chi connectivity index (χ1) is 23.8. The van der Waals surface area contributed by atoms with Crippen LogP contribution in [0.25, 0.3) is 76.2 Å². The molecule has 0 aliphatic heterocycles. The summed E-state index contributed by atoms with van der Waals surface area (Å²) < 4.78 is 6.21. The van der Waals surface area contributed by atoms with Crippen LogP contribution >= 0.6 is 0 Å². The largest absolute Gasteiger partial charge is 0.456 e. The summed E-state index contributed by atoms with van der Waals surface area (Å²) in [4.78, 5) is 2.36. The summed E-state index contributed by atoms with van der Waals surface area (Å²) in [5.41, 5.74) is 7.51. The second kappa shape index (κ2) is 10.6. The average Bonchev–Trinajstić information content (AvgIpc) is 3.53. The molecule has 0 saturated carbocycles. The van der Waals surface area contributed by atoms with Gasteiger partial charge in [-0.3, -0.25) is 0 Å². The molecule has 0 saturated heterocycles. The van der Waals surface area contributed by atoms with Crippen LogP contribution < -0.4 is 4.90 Å². The average molecular weight is 612 g/mol. The van der Waals surface area contributed by atoms with Gasteiger partial charge in [-0.15, -0.1) is 0 Å². The maximum absolute atomic E-state index is 6.21. The van der Waals surface area contributed by atoms with E-state index in [0.29, 0.717) is 0 Å². The number of nitrogens with zero attached hydrogens (tertiary/aromatic N) is 1. The Balaban J connectivity index is 1.15. The number of para-hydroxylation sites is 1. The van der Waals surface area contributed by atoms with Gasteiger partial charge < -0.3 is 9.32 Å². The van der Waals surface area contributed by atoms with Gasteiger partial charge in [0.15, 0.2) is 0 Å². The predicted molar refractivity (Wildman–Crippen MR) is 204 cm³/mol. The van der Waals surface area contributed by atoms with E-state index in [0.717, 1.165) is 39.0 Å². The van der Waals surface area contributed by atoms with Crippen LogP contribution in [0, 0.1) is 0 Å². The number of fused-ring (bicyclic) bond motifs is 9. The van der Waals surface area contributed by atoms with E-state index in [9.17, 15) is 0 Å². The molecular formula is C46H29NO. The lowest BCUT2D eigenvalue weighted by Crippen LogP contribution is -2.09. The summed E-state index contributed by atoms with van der Waals surface area (Å²) in [6.45, 7) is 0. The van der Waals surface area contributed by atoms with Crippen molar-refractivity contribution in [2.24, 2.45) is 0 Å². The van der Waals surface area contributed by atoms with Gasteiger partial charge in [0, 0.05) is 27.8 Å². The van der Waals surface area contributed by atoms with Crippen LogP contribution in [-0.4, -0.2) is 0 Å². The number of benzene rings is 9. The zero-order chi connectivity index (χ0) is 31.6. The Morgan fingerprint density at radius 2 is 0.875 bits per heavy atom. The van der Waals surface area contributed by atoms with E-state index in [-0.39, 0.29) is 0 Å². The van der Waals surface area contributed by atoms with Crippen molar-refractivity contribution in [2.75, 3.05) is 4.90 Å². The maximum atomic E-state index is 6.21. The van der Waals surface area contributed by atoms with Crippen molar-refractivity contribution in [3.8, 4) is 11.1 Å². The molecule has 224 valence electrons. The Morgan fingerprint density at radius 1 is 0.312 bits per heavy atom. The van der Waals surface area contributed by atoms with Gasteiger partial charge in [-0.25, -0.2) is 0 Å². The molecule has 1 heterocycles. The van der Waals surface area contributed by atoms with Crippen LogP contribution in [0.3, 0.4) is 0 Å². The van der Waals surface area contributed by atoms with Crippen molar-refractivity contribution in [1.29, 1.82) is 0 Å². The van der Waals surface area contributed by atoms with E-state index in [1.165, 1.54) is 54.2 Å². The highest BCUT2D eigenvalue weighted by Crippen LogP contribution is 2.41. The third-order valence-corrected chi connectivity index (χ3v) is 9.83. The molecule has 0 N–H and O–H groups in total. The van der Waals surface area contributed by atoms with Gasteiger partial charge in [0.05, 0.1) is 0 Å². The fraction of sp³-hybridized carbons (Fsp3) is 0. The summed E-state index contributed by atoms with van der Waals surface area (Å²) in [6, 6.07) is 63.4. The quantitative estimate of drug-likeness (QED) is 0.184. The van der Waals surface area contributed by atoms with E-state index >= 15 is 0 Å². The molecule has 0 fully saturated rings. The number of hydrogen-bond donors (Lipinski definition) is 0. The first kappa shape index (κ1) is 26.8.